The number of fused-ring (bicyclic) bond motifs is 1. The number of hydrogen-bond acceptors (Lipinski definition) is 5. The van der Waals surface area contributed by atoms with E-state index in [4.69, 9.17) is 9.52 Å². The summed E-state index contributed by atoms with van der Waals surface area (Å²) >= 11 is 0. The van der Waals surface area contributed by atoms with E-state index < -0.39 is 11.2 Å². The molecule has 0 unspecified atom stereocenters. The predicted octanol–water partition coefficient (Wildman–Crippen LogP) is 2.93. The van der Waals surface area contributed by atoms with Crippen molar-refractivity contribution in [1.29, 1.82) is 0 Å². The zero-order chi connectivity index (χ0) is 16.6. The minimum Gasteiger partial charge on any atom is -0.504 e. The first-order chi connectivity index (χ1) is 11.0. The third-order valence-electron chi connectivity index (χ3n) is 3.85. The lowest BCUT2D eigenvalue weighted by atomic mass is 10.1. The summed E-state index contributed by atoms with van der Waals surface area (Å²) in [6.45, 7) is 1.77. The first kappa shape index (κ1) is 15.1. The Bertz CT molecular complexity index is 923. The Morgan fingerprint density at radius 3 is 2.35 bits per heavy atom. The highest BCUT2D eigenvalue weighted by molar-refractivity contribution is 5.88. The van der Waals surface area contributed by atoms with E-state index in [0.717, 1.165) is 5.56 Å². The van der Waals surface area contributed by atoms with Gasteiger partial charge in [0, 0.05) is 17.2 Å². The molecule has 2 aromatic carbocycles. The summed E-state index contributed by atoms with van der Waals surface area (Å²) in [6.07, 6.45) is 0.495. The van der Waals surface area contributed by atoms with Gasteiger partial charge in [0.05, 0.1) is 6.61 Å². The number of aryl methyl sites for hydroxylation is 1. The highest BCUT2D eigenvalue weighted by Crippen LogP contribution is 2.37. The van der Waals surface area contributed by atoms with Gasteiger partial charge in [0.1, 0.15) is 16.7 Å². The van der Waals surface area contributed by atoms with Gasteiger partial charge in [-0.2, -0.15) is 0 Å². The molecule has 23 heavy (non-hydrogen) atoms. The monoisotopic (exact) mass is 312 g/mol. The Balaban J connectivity index is 2.24. The molecule has 1 aromatic heterocycles. The molecular weight excluding hydrogens is 296 g/mol. The average Bonchev–Trinajstić information content (AvgIpc) is 2.57. The molecule has 0 atom stereocenters. The normalized spacial score (nSPS) is 11.0. The largest absolute Gasteiger partial charge is 0.504 e. The molecule has 0 saturated heterocycles. The Labute approximate surface area is 132 Å². The van der Waals surface area contributed by atoms with Crippen LogP contribution in [0.15, 0.2) is 45.6 Å². The third-order valence-corrected chi connectivity index (χ3v) is 3.85. The smallest absolute Gasteiger partial charge is 0.197 e. The van der Waals surface area contributed by atoms with E-state index in [9.17, 15) is 15.0 Å². The van der Waals surface area contributed by atoms with Gasteiger partial charge in [-0.25, -0.2) is 0 Å². The summed E-state index contributed by atoms with van der Waals surface area (Å²) in [4.78, 5) is 12.3. The minimum absolute atomic E-state index is 0.0320. The van der Waals surface area contributed by atoms with Gasteiger partial charge in [-0.3, -0.25) is 4.79 Å². The summed E-state index contributed by atoms with van der Waals surface area (Å²) in [5.74, 6) is -0.373. The molecule has 0 aliphatic heterocycles. The number of aliphatic hydroxyl groups is 1. The second-order valence-corrected chi connectivity index (χ2v) is 5.29. The van der Waals surface area contributed by atoms with Crippen LogP contribution in [0.1, 0.15) is 18.1 Å². The SMILES string of the molecule is CCc1cc2oc(-c3ccc(CO)cc3)cc(=O)c2c(O)c1O. The van der Waals surface area contributed by atoms with Crippen molar-refractivity contribution in [2.45, 2.75) is 20.0 Å². The molecule has 3 aromatic rings. The number of hydrogen-bond donors (Lipinski definition) is 3. The molecule has 0 saturated carbocycles. The van der Waals surface area contributed by atoms with Crippen molar-refractivity contribution in [3.05, 3.63) is 57.7 Å². The van der Waals surface area contributed by atoms with Crippen LogP contribution in [0.4, 0.5) is 0 Å². The predicted molar refractivity (Wildman–Crippen MR) is 86.6 cm³/mol. The maximum absolute atomic E-state index is 12.3. The molecule has 3 rings (SSSR count). The fraction of sp³-hybridized carbons (Fsp3) is 0.167. The second kappa shape index (κ2) is 5.78. The Kier molecular flexibility index (Phi) is 3.80. The van der Waals surface area contributed by atoms with Gasteiger partial charge in [0.2, 0.25) is 0 Å². The van der Waals surface area contributed by atoms with Crippen molar-refractivity contribution in [2.75, 3.05) is 0 Å². The lowest BCUT2D eigenvalue weighted by Crippen LogP contribution is -2.02. The lowest BCUT2D eigenvalue weighted by molar-refractivity contribution is 0.282. The van der Waals surface area contributed by atoms with E-state index in [2.05, 4.69) is 0 Å². The van der Waals surface area contributed by atoms with Crippen LogP contribution in [-0.2, 0) is 13.0 Å². The number of aliphatic hydroxyl groups excluding tert-OH is 1. The first-order valence-electron chi connectivity index (χ1n) is 7.27. The standard InChI is InChI=1S/C18H16O5/c1-2-11-7-15-16(18(22)17(11)21)13(20)8-14(23-15)12-5-3-10(9-19)4-6-12/h3-8,19,21-22H,2,9H2,1H3. The quantitative estimate of drug-likeness (QED) is 0.647. The molecule has 0 radical (unpaired) electrons. The summed E-state index contributed by atoms with van der Waals surface area (Å²) < 4.78 is 5.75. The maximum Gasteiger partial charge on any atom is 0.197 e. The fourth-order valence-electron chi connectivity index (χ4n) is 2.53. The van der Waals surface area contributed by atoms with E-state index in [-0.39, 0.29) is 23.3 Å². The van der Waals surface area contributed by atoms with Crippen LogP contribution in [0.5, 0.6) is 11.5 Å². The van der Waals surface area contributed by atoms with Gasteiger partial charge in [0.25, 0.3) is 0 Å². The van der Waals surface area contributed by atoms with E-state index in [1.165, 1.54) is 6.07 Å². The van der Waals surface area contributed by atoms with Crippen molar-refractivity contribution < 1.29 is 19.7 Å². The molecule has 0 aliphatic rings. The zero-order valence-electron chi connectivity index (χ0n) is 12.5. The average molecular weight is 312 g/mol. The number of rotatable bonds is 3. The molecule has 0 amide bonds. The molecule has 0 bridgehead atoms. The van der Waals surface area contributed by atoms with Crippen LogP contribution in [0.3, 0.4) is 0 Å². The highest BCUT2D eigenvalue weighted by Gasteiger charge is 2.16. The molecule has 0 fully saturated rings. The summed E-state index contributed by atoms with van der Waals surface area (Å²) in [6, 6.07) is 9.82. The Morgan fingerprint density at radius 1 is 1.04 bits per heavy atom. The van der Waals surface area contributed by atoms with Gasteiger partial charge in [-0.1, -0.05) is 31.2 Å². The summed E-state index contributed by atoms with van der Waals surface area (Å²) in [5, 5.41) is 29.0. The van der Waals surface area contributed by atoms with Crippen LogP contribution < -0.4 is 5.43 Å². The third kappa shape index (κ3) is 2.55. The van der Waals surface area contributed by atoms with Crippen LogP contribution in [0.25, 0.3) is 22.3 Å². The van der Waals surface area contributed by atoms with Gasteiger partial charge >= 0.3 is 0 Å². The number of phenolic OH excluding ortho intramolecular Hbond substituents is 2. The maximum atomic E-state index is 12.3. The fourth-order valence-corrected chi connectivity index (χ4v) is 2.53. The van der Waals surface area contributed by atoms with Gasteiger partial charge in [-0.05, 0) is 18.1 Å². The topological polar surface area (TPSA) is 90.9 Å². The van der Waals surface area contributed by atoms with Crippen molar-refractivity contribution in [2.24, 2.45) is 0 Å². The van der Waals surface area contributed by atoms with Crippen molar-refractivity contribution >= 4 is 11.0 Å². The van der Waals surface area contributed by atoms with Crippen LogP contribution >= 0.6 is 0 Å². The molecular formula is C18H16O5. The van der Waals surface area contributed by atoms with E-state index in [1.807, 2.05) is 6.92 Å². The molecule has 3 N–H and O–H groups in total. The van der Waals surface area contributed by atoms with Crippen molar-refractivity contribution in [3.63, 3.8) is 0 Å². The minimum atomic E-state index is -0.449. The number of phenols is 2. The molecule has 0 spiro atoms. The lowest BCUT2D eigenvalue weighted by Gasteiger charge is -2.09. The van der Waals surface area contributed by atoms with E-state index in [1.54, 1.807) is 30.3 Å². The van der Waals surface area contributed by atoms with Crippen LogP contribution in [0.2, 0.25) is 0 Å². The van der Waals surface area contributed by atoms with Gasteiger partial charge < -0.3 is 19.7 Å². The highest BCUT2D eigenvalue weighted by atomic mass is 16.3. The molecule has 0 aliphatic carbocycles. The molecule has 118 valence electrons. The van der Waals surface area contributed by atoms with E-state index in [0.29, 0.717) is 23.3 Å². The van der Waals surface area contributed by atoms with Crippen LogP contribution in [-0.4, -0.2) is 15.3 Å². The van der Waals surface area contributed by atoms with Crippen molar-refractivity contribution in [3.8, 4) is 22.8 Å². The Hall–Kier alpha value is -2.79. The van der Waals surface area contributed by atoms with Crippen LogP contribution in [0, 0.1) is 0 Å². The van der Waals surface area contributed by atoms with Gasteiger partial charge in [-0.15, -0.1) is 0 Å². The molecule has 1 heterocycles. The summed E-state index contributed by atoms with van der Waals surface area (Å²) in [5.41, 5.74) is 1.75. The summed E-state index contributed by atoms with van der Waals surface area (Å²) in [7, 11) is 0. The second-order valence-electron chi connectivity index (χ2n) is 5.29. The number of benzene rings is 2. The van der Waals surface area contributed by atoms with Crippen molar-refractivity contribution in [1.82, 2.24) is 0 Å². The van der Waals surface area contributed by atoms with Gasteiger partial charge in [0.15, 0.2) is 16.9 Å². The number of aromatic hydroxyl groups is 2. The first-order valence-corrected chi connectivity index (χ1v) is 7.27. The molecule has 5 heteroatoms. The Morgan fingerprint density at radius 2 is 1.74 bits per heavy atom. The molecule has 5 nitrogen and oxygen atoms in total. The zero-order valence-corrected chi connectivity index (χ0v) is 12.5. The van der Waals surface area contributed by atoms with E-state index >= 15 is 0 Å².